The Bertz CT molecular complexity index is 516. The Kier molecular flexibility index (Phi) is 6.10. The highest BCUT2D eigenvalue weighted by molar-refractivity contribution is 5.67. The fourth-order valence-corrected chi connectivity index (χ4v) is 1.55. The summed E-state index contributed by atoms with van der Waals surface area (Å²) in [5, 5.41) is 2.68. The predicted octanol–water partition coefficient (Wildman–Crippen LogP) is 3.02. The van der Waals surface area contributed by atoms with Crippen molar-refractivity contribution in [3.63, 3.8) is 0 Å². The van der Waals surface area contributed by atoms with E-state index >= 15 is 0 Å². The van der Waals surface area contributed by atoms with Gasteiger partial charge in [0.2, 0.25) is 0 Å². The second kappa shape index (κ2) is 7.58. The molecule has 1 amide bonds. The predicted molar refractivity (Wildman–Crippen MR) is 86.5 cm³/mol. The summed E-state index contributed by atoms with van der Waals surface area (Å²) in [6.07, 6.45) is 0.189. The molecule has 0 saturated heterocycles. The fourth-order valence-electron chi connectivity index (χ4n) is 1.55. The quantitative estimate of drug-likeness (QED) is 0.686. The van der Waals surface area contributed by atoms with Gasteiger partial charge >= 0.3 is 6.09 Å². The smallest absolute Gasteiger partial charge is 0.407 e. The minimum absolute atomic E-state index is 0.403. The molecule has 0 radical (unpaired) electrons. The normalized spacial score (nSPS) is 10.3. The largest absolute Gasteiger partial charge is 0.444 e. The number of benzene rings is 1. The molecule has 0 saturated carbocycles. The van der Waals surface area contributed by atoms with Crippen molar-refractivity contribution >= 4 is 11.8 Å². The van der Waals surface area contributed by atoms with Crippen LogP contribution in [0.1, 0.15) is 32.8 Å². The van der Waals surface area contributed by atoms with E-state index in [1.807, 2.05) is 64.0 Å². The third-order valence-electron chi connectivity index (χ3n) is 2.53. The summed E-state index contributed by atoms with van der Waals surface area (Å²) in [5.74, 6) is 6.11. The number of anilines is 1. The van der Waals surface area contributed by atoms with E-state index in [1.54, 1.807) is 0 Å². The number of nitrogens with zero attached hydrogens (tertiary/aromatic N) is 1. The Morgan fingerprint density at radius 3 is 2.38 bits per heavy atom. The van der Waals surface area contributed by atoms with E-state index in [2.05, 4.69) is 17.2 Å². The second-order valence-electron chi connectivity index (χ2n) is 5.92. The monoisotopic (exact) mass is 288 g/mol. The standard InChI is InChI=1S/C17H24N2O2/c1-17(2,3)21-16(20)18-13-7-6-8-14-9-11-15(12-10-14)19(4)5/h9-12H,7,13H2,1-5H3,(H,18,20). The first-order valence-corrected chi connectivity index (χ1v) is 7.01. The lowest BCUT2D eigenvalue weighted by Gasteiger charge is -2.19. The van der Waals surface area contributed by atoms with E-state index in [0.29, 0.717) is 13.0 Å². The zero-order valence-corrected chi connectivity index (χ0v) is 13.5. The lowest BCUT2D eigenvalue weighted by molar-refractivity contribution is 0.0529. The van der Waals surface area contributed by atoms with Gasteiger partial charge in [-0.1, -0.05) is 11.8 Å². The van der Waals surface area contributed by atoms with Crippen LogP contribution in [0.3, 0.4) is 0 Å². The number of nitrogens with one attached hydrogen (secondary N) is 1. The summed E-state index contributed by atoms with van der Waals surface area (Å²) in [6, 6.07) is 8.04. The van der Waals surface area contributed by atoms with Crippen LogP contribution in [0.25, 0.3) is 0 Å². The topological polar surface area (TPSA) is 41.6 Å². The van der Waals surface area contributed by atoms with Gasteiger partial charge in [-0.3, -0.25) is 0 Å². The molecule has 1 N–H and O–H groups in total. The van der Waals surface area contributed by atoms with Gasteiger partial charge in [0.15, 0.2) is 0 Å². The number of rotatable bonds is 3. The van der Waals surface area contributed by atoms with Crippen LogP contribution < -0.4 is 10.2 Å². The summed E-state index contributed by atoms with van der Waals surface area (Å²) in [5.41, 5.74) is 1.65. The Morgan fingerprint density at radius 2 is 1.86 bits per heavy atom. The zero-order valence-electron chi connectivity index (χ0n) is 13.5. The molecule has 0 aromatic heterocycles. The van der Waals surface area contributed by atoms with Gasteiger partial charge in [0.05, 0.1) is 0 Å². The van der Waals surface area contributed by atoms with Crippen molar-refractivity contribution in [1.82, 2.24) is 5.32 Å². The van der Waals surface area contributed by atoms with Crippen LogP contribution in [0.4, 0.5) is 10.5 Å². The molecule has 1 aromatic rings. The number of carbonyl (C=O) groups excluding carboxylic acids is 1. The number of hydrogen-bond donors (Lipinski definition) is 1. The van der Waals surface area contributed by atoms with Gasteiger partial charge in [0.1, 0.15) is 5.60 Å². The summed E-state index contributed by atoms with van der Waals surface area (Å²) in [7, 11) is 4.01. The Labute approximate surface area is 127 Å². The molecular formula is C17H24N2O2. The first-order valence-electron chi connectivity index (χ1n) is 7.01. The highest BCUT2D eigenvalue weighted by Crippen LogP contribution is 2.11. The first kappa shape index (κ1) is 16.9. The van der Waals surface area contributed by atoms with E-state index in [0.717, 1.165) is 11.3 Å². The number of alkyl carbamates (subject to hydrolysis) is 1. The van der Waals surface area contributed by atoms with E-state index in [9.17, 15) is 4.79 Å². The van der Waals surface area contributed by atoms with Gasteiger partial charge in [0, 0.05) is 38.3 Å². The van der Waals surface area contributed by atoms with Crippen molar-refractivity contribution in [3.8, 4) is 11.8 Å². The number of amides is 1. The molecule has 0 bridgehead atoms. The SMILES string of the molecule is CN(C)c1ccc(C#CCCNC(=O)OC(C)(C)C)cc1. The van der Waals surface area contributed by atoms with Crippen LogP contribution >= 0.6 is 0 Å². The number of ether oxygens (including phenoxy) is 1. The molecule has 1 rings (SSSR count). The zero-order chi connectivity index (χ0) is 15.9. The minimum atomic E-state index is -0.468. The maximum atomic E-state index is 11.4. The average molecular weight is 288 g/mol. The van der Waals surface area contributed by atoms with Crippen LogP contribution in [-0.4, -0.2) is 32.3 Å². The van der Waals surface area contributed by atoms with Gasteiger partial charge in [-0.15, -0.1) is 0 Å². The molecule has 0 spiro atoms. The van der Waals surface area contributed by atoms with Crippen molar-refractivity contribution in [1.29, 1.82) is 0 Å². The van der Waals surface area contributed by atoms with Crippen LogP contribution in [0.5, 0.6) is 0 Å². The van der Waals surface area contributed by atoms with Crippen molar-refractivity contribution in [2.24, 2.45) is 0 Å². The first-order chi connectivity index (χ1) is 9.78. The number of carbonyl (C=O) groups is 1. The van der Waals surface area contributed by atoms with E-state index in [1.165, 1.54) is 0 Å². The second-order valence-corrected chi connectivity index (χ2v) is 5.92. The average Bonchev–Trinajstić information content (AvgIpc) is 2.36. The summed E-state index contributed by atoms with van der Waals surface area (Å²) < 4.78 is 5.14. The van der Waals surface area contributed by atoms with E-state index in [4.69, 9.17) is 4.74 Å². The molecule has 0 aliphatic rings. The third-order valence-corrected chi connectivity index (χ3v) is 2.53. The van der Waals surface area contributed by atoms with Crippen molar-refractivity contribution in [3.05, 3.63) is 29.8 Å². The lowest BCUT2D eigenvalue weighted by Crippen LogP contribution is -2.32. The molecule has 0 heterocycles. The highest BCUT2D eigenvalue weighted by atomic mass is 16.6. The minimum Gasteiger partial charge on any atom is -0.444 e. The molecular weight excluding hydrogens is 264 g/mol. The fraction of sp³-hybridized carbons (Fsp3) is 0.471. The Hall–Kier alpha value is -2.15. The lowest BCUT2D eigenvalue weighted by atomic mass is 10.2. The summed E-state index contributed by atoms with van der Waals surface area (Å²) in [4.78, 5) is 13.5. The molecule has 0 aliphatic heterocycles. The van der Waals surface area contributed by atoms with Gasteiger partial charge in [-0.2, -0.15) is 0 Å². The van der Waals surface area contributed by atoms with Crippen LogP contribution in [0.15, 0.2) is 24.3 Å². The van der Waals surface area contributed by atoms with E-state index < -0.39 is 11.7 Å². The van der Waals surface area contributed by atoms with Crippen molar-refractivity contribution < 1.29 is 9.53 Å². The van der Waals surface area contributed by atoms with Crippen LogP contribution in [0, 0.1) is 11.8 Å². The van der Waals surface area contributed by atoms with Gasteiger partial charge in [-0.05, 0) is 45.0 Å². The molecule has 21 heavy (non-hydrogen) atoms. The van der Waals surface area contributed by atoms with Crippen molar-refractivity contribution in [2.45, 2.75) is 32.8 Å². The van der Waals surface area contributed by atoms with Crippen LogP contribution in [-0.2, 0) is 4.74 Å². The summed E-state index contributed by atoms with van der Waals surface area (Å²) >= 11 is 0. The molecule has 114 valence electrons. The Morgan fingerprint density at radius 1 is 1.24 bits per heavy atom. The van der Waals surface area contributed by atoms with Gasteiger partial charge in [0.25, 0.3) is 0 Å². The Balaban J connectivity index is 2.35. The molecule has 0 aliphatic carbocycles. The molecule has 4 heteroatoms. The molecule has 0 unspecified atom stereocenters. The highest BCUT2D eigenvalue weighted by Gasteiger charge is 2.15. The third kappa shape index (κ3) is 7.26. The molecule has 1 aromatic carbocycles. The molecule has 4 nitrogen and oxygen atoms in total. The van der Waals surface area contributed by atoms with Crippen LogP contribution in [0.2, 0.25) is 0 Å². The molecule has 0 atom stereocenters. The maximum Gasteiger partial charge on any atom is 0.407 e. The molecule has 0 fully saturated rings. The van der Waals surface area contributed by atoms with Gasteiger partial charge < -0.3 is 15.0 Å². The van der Waals surface area contributed by atoms with E-state index in [-0.39, 0.29) is 0 Å². The van der Waals surface area contributed by atoms with Crippen molar-refractivity contribution in [2.75, 3.05) is 25.5 Å². The number of hydrogen-bond acceptors (Lipinski definition) is 3. The van der Waals surface area contributed by atoms with Gasteiger partial charge in [-0.25, -0.2) is 4.79 Å². The summed E-state index contributed by atoms with van der Waals surface area (Å²) in [6.45, 7) is 6.00. The maximum absolute atomic E-state index is 11.4.